The van der Waals surface area contributed by atoms with Gasteiger partial charge in [-0.15, -0.1) is 0 Å². The van der Waals surface area contributed by atoms with Gasteiger partial charge in [-0.2, -0.15) is 0 Å². The number of benzene rings is 1. The number of halogens is 2. The van der Waals surface area contributed by atoms with Crippen LogP contribution in [0.25, 0.3) is 0 Å². The fraction of sp³-hybridized carbons (Fsp3) is 0.154. The Morgan fingerprint density at radius 3 is 2.48 bits per heavy atom. The number of aliphatic hydroxyl groups is 1. The van der Waals surface area contributed by atoms with Gasteiger partial charge in [0, 0.05) is 17.2 Å². The lowest BCUT2D eigenvalue weighted by Crippen LogP contribution is -2.23. The predicted molar refractivity (Wildman–Crippen MR) is 83.3 cm³/mol. The van der Waals surface area contributed by atoms with Crippen LogP contribution < -0.4 is 4.72 Å². The maximum absolute atomic E-state index is 12.2. The molecule has 0 atom stereocenters. The van der Waals surface area contributed by atoms with Gasteiger partial charge in [0.1, 0.15) is 10.0 Å². The summed E-state index contributed by atoms with van der Waals surface area (Å²) in [5.74, 6) is 0. The average Bonchev–Trinajstić information content (AvgIpc) is 2.48. The van der Waals surface area contributed by atoms with Gasteiger partial charge in [0.25, 0.3) is 0 Å². The molecule has 5 nitrogen and oxygen atoms in total. The van der Waals surface area contributed by atoms with E-state index in [1.54, 1.807) is 24.3 Å². The van der Waals surface area contributed by atoms with E-state index in [4.69, 9.17) is 16.7 Å². The third kappa shape index (κ3) is 4.24. The average molecular weight is 392 g/mol. The normalized spacial score (nSPS) is 11.6. The van der Waals surface area contributed by atoms with E-state index < -0.39 is 10.0 Å². The van der Waals surface area contributed by atoms with Crippen molar-refractivity contribution in [3.8, 4) is 0 Å². The second-order valence-corrected chi connectivity index (χ2v) is 7.25. The highest BCUT2D eigenvalue weighted by atomic mass is 79.9. The molecule has 21 heavy (non-hydrogen) atoms. The van der Waals surface area contributed by atoms with Crippen LogP contribution in [0.3, 0.4) is 0 Å². The third-order valence-electron chi connectivity index (χ3n) is 2.73. The number of aliphatic hydroxyl groups excluding tert-OH is 1. The highest BCUT2D eigenvalue weighted by Gasteiger charge is 2.19. The van der Waals surface area contributed by atoms with Crippen LogP contribution in [0, 0.1) is 0 Å². The van der Waals surface area contributed by atoms with Crippen LogP contribution in [0.4, 0.5) is 0 Å². The lowest BCUT2D eigenvalue weighted by molar-refractivity contribution is 0.282. The molecule has 2 N–H and O–H groups in total. The monoisotopic (exact) mass is 390 g/mol. The minimum absolute atomic E-state index is 0.0503. The fourth-order valence-electron chi connectivity index (χ4n) is 1.61. The maximum Gasteiger partial charge on any atom is 0.243 e. The molecule has 0 amide bonds. The summed E-state index contributed by atoms with van der Waals surface area (Å²) in [6.07, 6.45) is 1.43. The standard InChI is InChI=1S/C13H12BrClN2O3S/c14-11-5-12(13(15)16-7-11)21(19,20)17-6-9-1-3-10(8-18)4-2-9/h1-5,7,17-18H,6,8H2. The molecule has 1 heterocycles. The molecule has 112 valence electrons. The third-order valence-corrected chi connectivity index (χ3v) is 5.00. The first-order valence-electron chi connectivity index (χ1n) is 5.92. The van der Waals surface area contributed by atoms with Gasteiger partial charge in [0.2, 0.25) is 10.0 Å². The Hall–Kier alpha value is -0.990. The summed E-state index contributed by atoms with van der Waals surface area (Å²) in [6.45, 7) is 0.0716. The highest BCUT2D eigenvalue weighted by Crippen LogP contribution is 2.22. The zero-order valence-electron chi connectivity index (χ0n) is 10.8. The Morgan fingerprint density at radius 1 is 1.24 bits per heavy atom. The number of rotatable bonds is 5. The molecule has 0 bridgehead atoms. The molecule has 8 heteroatoms. The van der Waals surface area contributed by atoms with Crippen LogP contribution in [0.15, 0.2) is 45.9 Å². The van der Waals surface area contributed by atoms with Crippen molar-refractivity contribution in [3.63, 3.8) is 0 Å². The Morgan fingerprint density at radius 2 is 1.86 bits per heavy atom. The zero-order valence-corrected chi connectivity index (χ0v) is 13.9. The summed E-state index contributed by atoms with van der Waals surface area (Å²) in [4.78, 5) is 3.72. The smallest absolute Gasteiger partial charge is 0.243 e. The van der Waals surface area contributed by atoms with Gasteiger partial charge in [-0.3, -0.25) is 0 Å². The number of nitrogens with zero attached hydrogens (tertiary/aromatic N) is 1. The second kappa shape index (κ2) is 6.85. The van der Waals surface area contributed by atoms with Crippen LogP contribution in [-0.2, 0) is 23.2 Å². The van der Waals surface area contributed by atoms with Crippen LogP contribution >= 0.6 is 27.5 Å². The number of hydrogen-bond donors (Lipinski definition) is 2. The summed E-state index contributed by atoms with van der Waals surface area (Å²) in [7, 11) is -3.75. The number of hydrogen-bond acceptors (Lipinski definition) is 4. The van der Waals surface area contributed by atoms with E-state index in [0.717, 1.165) is 11.1 Å². The molecule has 1 aromatic carbocycles. The number of nitrogens with one attached hydrogen (secondary N) is 1. The molecule has 0 spiro atoms. The van der Waals surface area contributed by atoms with Crippen molar-refractivity contribution in [3.05, 3.63) is 57.3 Å². The fourth-order valence-corrected chi connectivity index (χ4v) is 3.57. The van der Waals surface area contributed by atoms with E-state index in [1.165, 1.54) is 12.3 Å². The van der Waals surface area contributed by atoms with E-state index in [9.17, 15) is 8.42 Å². The van der Waals surface area contributed by atoms with Crippen molar-refractivity contribution in [2.45, 2.75) is 18.0 Å². The van der Waals surface area contributed by atoms with Gasteiger partial charge in [-0.25, -0.2) is 18.1 Å². The first-order valence-corrected chi connectivity index (χ1v) is 8.57. The quantitative estimate of drug-likeness (QED) is 0.767. The van der Waals surface area contributed by atoms with Crippen molar-refractivity contribution in [1.82, 2.24) is 9.71 Å². The molecule has 0 fully saturated rings. The molecular formula is C13H12BrClN2O3S. The highest BCUT2D eigenvalue weighted by molar-refractivity contribution is 9.10. The van der Waals surface area contributed by atoms with Crippen molar-refractivity contribution >= 4 is 37.6 Å². The lowest BCUT2D eigenvalue weighted by atomic mass is 10.1. The summed E-state index contributed by atoms with van der Waals surface area (Å²) in [5, 5.41) is 8.87. The van der Waals surface area contributed by atoms with Crippen LogP contribution in [0.1, 0.15) is 11.1 Å². The molecule has 2 rings (SSSR count). The lowest BCUT2D eigenvalue weighted by Gasteiger charge is -2.08. The zero-order chi connectivity index (χ0) is 15.5. The topological polar surface area (TPSA) is 79.3 Å². The Labute approximate surface area is 136 Å². The van der Waals surface area contributed by atoms with Gasteiger partial charge in [-0.05, 0) is 33.1 Å². The summed E-state index contributed by atoms with van der Waals surface area (Å²) >= 11 is 8.99. The number of pyridine rings is 1. The first kappa shape index (κ1) is 16.4. The summed E-state index contributed by atoms with van der Waals surface area (Å²) in [6, 6.07) is 8.35. The molecule has 0 aliphatic heterocycles. The minimum atomic E-state index is -3.75. The molecular weight excluding hydrogens is 380 g/mol. The Balaban J connectivity index is 2.15. The number of aromatic nitrogens is 1. The molecule has 0 saturated carbocycles. The van der Waals surface area contributed by atoms with Crippen molar-refractivity contribution < 1.29 is 13.5 Å². The van der Waals surface area contributed by atoms with Crippen LogP contribution in [-0.4, -0.2) is 18.5 Å². The van der Waals surface area contributed by atoms with Gasteiger partial charge in [0.15, 0.2) is 0 Å². The first-order chi connectivity index (χ1) is 9.92. The van der Waals surface area contributed by atoms with Gasteiger partial charge < -0.3 is 5.11 Å². The molecule has 0 radical (unpaired) electrons. The molecule has 2 aromatic rings. The van der Waals surface area contributed by atoms with E-state index >= 15 is 0 Å². The minimum Gasteiger partial charge on any atom is -0.392 e. The second-order valence-electron chi connectivity index (χ2n) is 4.24. The van der Waals surface area contributed by atoms with Crippen LogP contribution in [0.5, 0.6) is 0 Å². The molecule has 1 aromatic heterocycles. The largest absolute Gasteiger partial charge is 0.392 e. The summed E-state index contributed by atoms with van der Waals surface area (Å²) < 4.78 is 27.4. The SMILES string of the molecule is O=S(=O)(NCc1ccc(CO)cc1)c1cc(Br)cnc1Cl. The molecule has 0 aliphatic rings. The van der Waals surface area contributed by atoms with Gasteiger partial charge >= 0.3 is 0 Å². The van der Waals surface area contributed by atoms with Gasteiger partial charge in [-0.1, -0.05) is 35.9 Å². The van der Waals surface area contributed by atoms with E-state index in [1.807, 2.05) is 0 Å². The van der Waals surface area contributed by atoms with Crippen molar-refractivity contribution in [1.29, 1.82) is 0 Å². The maximum atomic E-state index is 12.2. The summed E-state index contributed by atoms with van der Waals surface area (Å²) in [5.41, 5.74) is 1.54. The Bertz CT molecular complexity index is 736. The van der Waals surface area contributed by atoms with Crippen molar-refractivity contribution in [2.24, 2.45) is 0 Å². The van der Waals surface area contributed by atoms with Gasteiger partial charge in [0.05, 0.1) is 6.61 Å². The van der Waals surface area contributed by atoms with E-state index in [2.05, 4.69) is 25.6 Å². The van der Waals surface area contributed by atoms with E-state index in [0.29, 0.717) is 4.47 Å². The van der Waals surface area contributed by atoms with Crippen LogP contribution in [0.2, 0.25) is 5.15 Å². The van der Waals surface area contributed by atoms with Crippen molar-refractivity contribution in [2.75, 3.05) is 0 Å². The molecule has 0 saturated heterocycles. The number of sulfonamides is 1. The predicted octanol–water partition coefficient (Wildman–Crippen LogP) is 2.47. The van der Waals surface area contributed by atoms with E-state index in [-0.39, 0.29) is 23.2 Å². The Kier molecular flexibility index (Phi) is 5.34. The molecule has 0 unspecified atom stereocenters. The molecule has 0 aliphatic carbocycles.